The first-order valence-corrected chi connectivity index (χ1v) is 39.0. The molecular formula is C88H121BBr2N4O16. The monoisotopic (exact) mass is 1660 g/mol. The highest BCUT2D eigenvalue weighted by Gasteiger charge is 2.32. The van der Waals surface area contributed by atoms with E-state index in [1.54, 1.807) is 50.3 Å². The molecule has 5 aliphatic heterocycles. The fourth-order valence-electron chi connectivity index (χ4n) is 11.8. The quantitative estimate of drug-likeness (QED) is 0.00578. The number of carboxylic acids is 1. The van der Waals surface area contributed by atoms with Crippen molar-refractivity contribution in [2.45, 2.75) is 137 Å². The summed E-state index contributed by atoms with van der Waals surface area (Å²) in [4.78, 5) is 52.6. The van der Waals surface area contributed by atoms with Crippen LogP contribution in [-0.2, 0) is 75.2 Å². The Balaban J connectivity index is 0.000000344. The van der Waals surface area contributed by atoms with E-state index in [9.17, 15) is 24.3 Å². The van der Waals surface area contributed by atoms with Crippen molar-refractivity contribution < 1.29 is 77.0 Å². The predicted molar refractivity (Wildman–Crippen MR) is 453 cm³/mol. The van der Waals surface area contributed by atoms with E-state index in [1.165, 1.54) is 74.9 Å². The predicted octanol–water partition coefficient (Wildman–Crippen LogP) is 16.7. The summed E-state index contributed by atoms with van der Waals surface area (Å²) in [5.74, 6) is 5.50. The van der Waals surface area contributed by atoms with Crippen LogP contribution in [0.3, 0.4) is 0 Å². The zero-order valence-electron chi connectivity index (χ0n) is 68.2. The average Bonchev–Trinajstić information content (AvgIpc) is 1.75. The van der Waals surface area contributed by atoms with Gasteiger partial charge in [0.25, 0.3) is 11.8 Å². The summed E-state index contributed by atoms with van der Waals surface area (Å²) >= 11 is 6.99. The van der Waals surface area contributed by atoms with Gasteiger partial charge in [0.1, 0.15) is 34.9 Å². The molecular weight excluding hydrogens is 1540 g/mol. The fraction of sp³-hybridized carbons (Fsp3) is 0.432. The van der Waals surface area contributed by atoms with Gasteiger partial charge < -0.3 is 77.8 Å². The normalized spacial score (nSPS) is 16.0. The Labute approximate surface area is 678 Å². The van der Waals surface area contributed by atoms with E-state index in [1.807, 2.05) is 95.9 Å². The zero-order valence-corrected chi connectivity index (χ0v) is 71.4. The third kappa shape index (κ3) is 33.0. The van der Waals surface area contributed by atoms with Gasteiger partial charge in [0, 0.05) is 106 Å². The van der Waals surface area contributed by atoms with Crippen molar-refractivity contribution in [3.63, 3.8) is 0 Å². The second kappa shape index (κ2) is 51.9. The van der Waals surface area contributed by atoms with E-state index in [0.717, 1.165) is 82.6 Å². The van der Waals surface area contributed by atoms with E-state index in [2.05, 4.69) is 151 Å². The van der Waals surface area contributed by atoms with E-state index in [4.69, 9.17) is 52.7 Å². The maximum absolute atomic E-state index is 12.9. The number of nitrogens with one attached hydrogen (secondary N) is 1. The summed E-state index contributed by atoms with van der Waals surface area (Å²) in [6, 6.07) is 24.7. The van der Waals surface area contributed by atoms with Crippen molar-refractivity contribution in [3.8, 4) is 17.2 Å². The van der Waals surface area contributed by atoms with Crippen LogP contribution in [0, 0.1) is 17.8 Å². The number of aliphatic hydroxyl groups excluding tert-OH is 2. The highest BCUT2D eigenvalue weighted by atomic mass is 79.9. The lowest BCUT2D eigenvalue weighted by Crippen LogP contribution is -2.34. The minimum Gasteiger partial charge on any atom is -0.501 e. The Hall–Kier alpha value is -8.52. The Bertz CT molecular complexity index is 3870. The minimum absolute atomic E-state index is 0.0137. The van der Waals surface area contributed by atoms with Gasteiger partial charge >= 0.3 is 13.1 Å². The van der Waals surface area contributed by atoms with Gasteiger partial charge in [-0.05, 0) is 149 Å². The molecule has 1 aliphatic carbocycles. The maximum Gasteiger partial charge on any atom is 0.485 e. The lowest BCUT2D eigenvalue weighted by molar-refractivity contribution is -0.132. The first kappa shape index (κ1) is 96.7. The Kier molecular flexibility index (Phi) is 45.2. The first-order valence-electron chi connectivity index (χ1n) is 37.3. The number of carbonyl (C=O) groups excluding carboxylic acids is 3. The minimum atomic E-state index is -1.12. The number of carbonyl (C=O) groups is 4. The van der Waals surface area contributed by atoms with E-state index < -0.39 is 12.1 Å². The largest absolute Gasteiger partial charge is 0.501 e. The molecule has 1 saturated heterocycles. The Morgan fingerprint density at radius 1 is 0.748 bits per heavy atom. The SMILES string of the molecule is Brc1ccc2c(c1)CNC2.C=C(C(=O)O)/C(=C\C(=C\C(C)C)OC)OC.C=CB(OCC)OCC.C=CC(Br)CC1=CCN(C(=O)c2cc(CC)c(OC)cc2OC)C1.C=CC1C=CC2=C(C1)CN(C(=O)C(=C)C(O)C/C(=C/C(C)C)OC)C2.CO.COc1ccc(C(C)C)cc1.O=CN1Cc2ccc(C3CO3)cc2C1. The van der Waals surface area contributed by atoms with Gasteiger partial charge in [0.2, 0.25) is 6.41 Å². The lowest BCUT2D eigenvalue weighted by atomic mass is 9.91. The van der Waals surface area contributed by atoms with Crippen LogP contribution in [0.4, 0.5) is 0 Å². The van der Waals surface area contributed by atoms with Crippen molar-refractivity contribution in [1.82, 2.24) is 20.0 Å². The van der Waals surface area contributed by atoms with Crippen molar-refractivity contribution >= 4 is 63.2 Å². The molecule has 0 spiro atoms. The van der Waals surface area contributed by atoms with Gasteiger partial charge in [-0.3, -0.25) is 14.4 Å². The number of aliphatic carboxylic acids is 1. The van der Waals surface area contributed by atoms with E-state index in [-0.39, 0.29) is 47.1 Å². The topological polar surface area (TPSA) is 237 Å². The number of fused-ring (bicyclic) bond motifs is 2. The summed E-state index contributed by atoms with van der Waals surface area (Å²) in [5.41, 5.74) is 13.4. The molecule has 6 aliphatic rings. The number of amides is 3. The van der Waals surface area contributed by atoms with Crippen LogP contribution in [-0.4, -0.2) is 168 Å². The lowest BCUT2D eigenvalue weighted by Gasteiger charge is -2.21. The molecule has 0 aromatic heterocycles. The van der Waals surface area contributed by atoms with Gasteiger partial charge in [-0.25, -0.2) is 4.79 Å². The summed E-state index contributed by atoms with van der Waals surface area (Å²) in [6.07, 6.45) is 18.6. The number of methoxy groups -OCH3 is 6. The van der Waals surface area contributed by atoms with E-state index >= 15 is 0 Å². The van der Waals surface area contributed by atoms with Gasteiger partial charge in [0.05, 0.1) is 72.3 Å². The number of ether oxygens (including phenoxy) is 7. The molecule has 4 atom stereocenters. The molecule has 0 saturated carbocycles. The molecule has 20 nitrogen and oxygen atoms in total. The van der Waals surface area contributed by atoms with Gasteiger partial charge in [0.15, 0.2) is 0 Å². The molecule has 0 radical (unpaired) electrons. The summed E-state index contributed by atoms with van der Waals surface area (Å²) < 4.78 is 47.8. The molecule has 111 heavy (non-hydrogen) atoms. The van der Waals surface area contributed by atoms with Gasteiger partial charge in [-0.2, -0.15) is 0 Å². The highest BCUT2D eigenvalue weighted by molar-refractivity contribution is 9.10. The van der Waals surface area contributed by atoms with Crippen molar-refractivity contribution in [2.24, 2.45) is 17.8 Å². The Morgan fingerprint density at radius 3 is 1.92 bits per heavy atom. The third-order valence-electron chi connectivity index (χ3n) is 17.9. The van der Waals surface area contributed by atoms with Crippen LogP contribution in [0.1, 0.15) is 143 Å². The standard InChI is InChI=1S/C21H29NO3.C19H24BrNO3.C12H18O4.C11H11NO2.C10H14O.C8H8BrN.C6H13BO2.CH4O/c1-6-16-7-8-17-12-22(13-18(17)10-16)21(24)15(4)20(23)11-19(25-5)9-14(2)3;1-5-14-10-16(18(24-4)11-17(14)23-3)19(22)21-8-7-13(12-21)9-15(20)6-2;1-8(2)6-10(15-4)7-11(16-5)9(3)12(13)14;13-7-12-4-9-2-1-8(11-6-14-11)3-10(9)5-12;1-8(2)9-4-6-10(11-3)7-5-9;9-8-2-1-6-4-10-5-7(6)3-8;1-4-7(8-5-2)9-6-3;1-2/h6-9,14,16,20,23H,1,4,10-13H2,2-3,5H3;6-7,10-11,15H,2,5,8-9,12H2,1,3-4H3;6-8H,3H2,1-2,4-5H3,(H,13,14);1-3,7,11H,4-6H2;4-8H,1-3H3;1-3,10H,4-5H2;4H,1,5-6H2,2-3H3;2H,1H3/b19-9-;;10-6-,11-7+;;;;;. The van der Waals surface area contributed by atoms with Crippen LogP contribution in [0.2, 0.25) is 0 Å². The number of aryl methyl sites for hydroxylation is 1. The molecule has 5 heterocycles. The number of allylic oxidation sites excluding steroid dienone is 6. The number of aliphatic hydroxyl groups is 2. The molecule has 10 rings (SSSR count). The second-order valence-electron chi connectivity index (χ2n) is 27.1. The highest BCUT2D eigenvalue weighted by Crippen LogP contribution is 2.36. The first-order chi connectivity index (χ1) is 53.1. The van der Waals surface area contributed by atoms with Crippen molar-refractivity contribution in [2.75, 3.05) is 95.8 Å². The second-order valence-corrected chi connectivity index (χ2v) is 29.2. The van der Waals surface area contributed by atoms with Crippen LogP contribution in [0.5, 0.6) is 17.2 Å². The van der Waals surface area contributed by atoms with Crippen LogP contribution in [0.25, 0.3) is 0 Å². The average molecular weight is 1660 g/mol. The van der Waals surface area contributed by atoms with Crippen molar-refractivity contribution in [3.05, 3.63) is 254 Å². The third-order valence-corrected chi connectivity index (χ3v) is 19.1. The van der Waals surface area contributed by atoms with Crippen molar-refractivity contribution in [1.29, 1.82) is 0 Å². The molecule has 606 valence electrons. The van der Waals surface area contributed by atoms with Gasteiger partial charge in [-0.1, -0.05) is 172 Å². The van der Waals surface area contributed by atoms with E-state index in [0.29, 0.717) is 92.0 Å². The number of rotatable bonds is 29. The molecule has 4 N–H and O–H groups in total. The number of nitrogens with zero attached hydrogens (tertiary/aromatic N) is 3. The molecule has 1 fully saturated rings. The Morgan fingerprint density at radius 2 is 1.39 bits per heavy atom. The number of alkyl halides is 1. The number of epoxide rings is 1. The smallest absolute Gasteiger partial charge is 0.485 e. The fourth-order valence-corrected chi connectivity index (χ4v) is 12.6. The van der Waals surface area contributed by atoms with Gasteiger partial charge in [-0.15, -0.1) is 19.7 Å². The number of halogens is 2. The number of hydrogen-bond acceptors (Lipinski definition) is 16. The molecule has 0 bridgehead atoms. The number of carboxylic acid groups (broad SMARTS) is 1. The zero-order chi connectivity index (χ0) is 82.9. The molecule has 23 heteroatoms. The van der Waals surface area contributed by atoms with Crippen LogP contribution < -0.4 is 19.5 Å². The van der Waals surface area contributed by atoms with Crippen LogP contribution in [0.15, 0.2) is 210 Å². The summed E-state index contributed by atoms with van der Waals surface area (Å²) in [7, 11) is 10.1. The molecule has 4 aromatic rings. The molecule has 4 unspecified atom stereocenters. The molecule has 4 aromatic carbocycles. The maximum atomic E-state index is 12.9. The number of benzene rings is 4. The summed E-state index contributed by atoms with van der Waals surface area (Å²) in [5, 5.41) is 29.5. The molecule has 3 amide bonds. The summed E-state index contributed by atoms with van der Waals surface area (Å²) in [6.45, 7) is 44.9. The van der Waals surface area contributed by atoms with Crippen LogP contribution >= 0.6 is 31.9 Å². The number of hydrogen-bond donors (Lipinski definition) is 4.